The van der Waals surface area contributed by atoms with E-state index in [1.807, 2.05) is 13.0 Å². The Morgan fingerprint density at radius 1 is 1.22 bits per heavy atom. The molecule has 1 unspecified atom stereocenters. The lowest BCUT2D eigenvalue weighted by molar-refractivity contribution is 0.0447. The van der Waals surface area contributed by atoms with E-state index in [-0.39, 0.29) is 11.9 Å². The fourth-order valence-corrected chi connectivity index (χ4v) is 1.71. The van der Waals surface area contributed by atoms with Crippen molar-refractivity contribution in [1.82, 2.24) is 5.32 Å². The lowest BCUT2D eigenvalue weighted by Gasteiger charge is -2.14. The largest absolute Gasteiger partial charge is 0.374 e. The second-order valence-corrected chi connectivity index (χ2v) is 4.96. The van der Waals surface area contributed by atoms with Crippen molar-refractivity contribution >= 4 is 0 Å². The molecule has 1 aromatic carbocycles. The van der Waals surface area contributed by atoms with E-state index >= 15 is 0 Å². The standard InChI is InChI=1S/C15H24FNO/c1-12(2)17-10-6-7-13(3)18-11-14-8-4-5-9-15(14)16/h4-5,8-9,12-13,17H,6-7,10-11H2,1-3H3. The summed E-state index contributed by atoms with van der Waals surface area (Å²) in [5.41, 5.74) is 0.629. The number of hydrogen-bond donors (Lipinski definition) is 1. The molecule has 2 nitrogen and oxygen atoms in total. The molecule has 0 aliphatic heterocycles. The Kier molecular flexibility index (Phi) is 6.91. The number of rotatable bonds is 8. The summed E-state index contributed by atoms with van der Waals surface area (Å²) in [5.74, 6) is -0.189. The third-order valence-corrected chi connectivity index (χ3v) is 2.82. The van der Waals surface area contributed by atoms with Gasteiger partial charge in [-0.3, -0.25) is 0 Å². The minimum atomic E-state index is -0.189. The summed E-state index contributed by atoms with van der Waals surface area (Å²) >= 11 is 0. The molecule has 1 rings (SSSR count). The van der Waals surface area contributed by atoms with Gasteiger partial charge >= 0.3 is 0 Å². The summed E-state index contributed by atoms with van der Waals surface area (Å²) < 4.78 is 19.0. The van der Waals surface area contributed by atoms with Gasteiger partial charge in [0, 0.05) is 11.6 Å². The highest BCUT2D eigenvalue weighted by Crippen LogP contribution is 2.10. The van der Waals surface area contributed by atoms with Crippen LogP contribution in [0.25, 0.3) is 0 Å². The van der Waals surface area contributed by atoms with Gasteiger partial charge < -0.3 is 10.1 Å². The van der Waals surface area contributed by atoms with E-state index in [9.17, 15) is 4.39 Å². The Hall–Kier alpha value is -0.930. The molecule has 0 aromatic heterocycles. The second-order valence-electron chi connectivity index (χ2n) is 4.96. The van der Waals surface area contributed by atoms with Crippen molar-refractivity contribution in [2.45, 2.75) is 52.4 Å². The molecule has 0 bridgehead atoms. The molecule has 0 aliphatic rings. The van der Waals surface area contributed by atoms with Crippen LogP contribution in [0.3, 0.4) is 0 Å². The molecule has 1 N–H and O–H groups in total. The Labute approximate surface area is 110 Å². The lowest BCUT2D eigenvalue weighted by atomic mass is 10.2. The molecule has 0 spiro atoms. The first-order valence-corrected chi connectivity index (χ1v) is 6.68. The molecule has 1 aromatic rings. The molecule has 0 aliphatic carbocycles. The predicted molar refractivity (Wildman–Crippen MR) is 73.0 cm³/mol. The third kappa shape index (κ3) is 6.12. The van der Waals surface area contributed by atoms with Gasteiger partial charge in [-0.2, -0.15) is 0 Å². The summed E-state index contributed by atoms with van der Waals surface area (Å²) in [4.78, 5) is 0. The smallest absolute Gasteiger partial charge is 0.128 e. The van der Waals surface area contributed by atoms with Crippen LogP contribution >= 0.6 is 0 Å². The predicted octanol–water partition coefficient (Wildman–Crippen LogP) is 3.51. The molecule has 0 fully saturated rings. The maximum atomic E-state index is 13.3. The second kappa shape index (κ2) is 8.22. The van der Waals surface area contributed by atoms with Crippen molar-refractivity contribution < 1.29 is 9.13 Å². The molecule has 1 atom stereocenters. The van der Waals surface area contributed by atoms with Gasteiger partial charge in [-0.05, 0) is 32.4 Å². The van der Waals surface area contributed by atoms with Gasteiger partial charge in [0.05, 0.1) is 12.7 Å². The highest BCUT2D eigenvalue weighted by Gasteiger charge is 2.05. The summed E-state index contributed by atoms with van der Waals surface area (Å²) in [6.45, 7) is 7.67. The number of hydrogen-bond acceptors (Lipinski definition) is 2. The maximum absolute atomic E-state index is 13.3. The van der Waals surface area contributed by atoms with Crippen LogP contribution in [0.2, 0.25) is 0 Å². The fraction of sp³-hybridized carbons (Fsp3) is 0.600. The minimum absolute atomic E-state index is 0.165. The zero-order chi connectivity index (χ0) is 13.4. The molecule has 0 amide bonds. The maximum Gasteiger partial charge on any atom is 0.128 e. The van der Waals surface area contributed by atoms with Crippen LogP contribution in [-0.2, 0) is 11.3 Å². The molecule has 18 heavy (non-hydrogen) atoms. The van der Waals surface area contributed by atoms with E-state index < -0.39 is 0 Å². The van der Waals surface area contributed by atoms with Crippen LogP contribution in [0, 0.1) is 5.82 Å². The molecular weight excluding hydrogens is 229 g/mol. The number of nitrogens with one attached hydrogen (secondary N) is 1. The molecule has 3 heteroatoms. The van der Waals surface area contributed by atoms with Gasteiger partial charge in [-0.1, -0.05) is 32.0 Å². The van der Waals surface area contributed by atoms with Crippen LogP contribution in [0.5, 0.6) is 0 Å². The molecule has 0 heterocycles. The normalized spacial score (nSPS) is 12.9. The van der Waals surface area contributed by atoms with Crippen molar-refractivity contribution in [1.29, 1.82) is 0 Å². The van der Waals surface area contributed by atoms with Crippen LogP contribution in [0.1, 0.15) is 39.2 Å². The first-order valence-electron chi connectivity index (χ1n) is 6.68. The Morgan fingerprint density at radius 3 is 2.61 bits per heavy atom. The molecular formula is C15H24FNO. The van der Waals surface area contributed by atoms with Gasteiger partial charge in [0.15, 0.2) is 0 Å². The van der Waals surface area contributed by atoms with Gasteiger partial charge in [-0.25, -0.2) is 4.39 Å². The Bertz CT molecular complexity index is 341. The van der Waals surface area contributed by atoms with Crippen molar-refractivity contribution in [3.8, 4) is 0 Å². The Morgan fingerprint density at radius 2 is 1.94 bits per heavy atom. The van der Waals surface area contributed by atoms with Gasteiger partial charge in [0.25, 0.3) is 0 Å². The fourth-order valence-electron chi connectivity index (χ4n) is 1.71. The highest BCUT2D eigenvalue weighted by atomic mass is 19.1. The topological polar surface area (TPSA) is 21.3 Å². The first-order chi connectivity index (χ1) is 8.59. The van der Waals surface area contributed by atoms with Crippen LogP contribution < -0.4 is 5.32 Å². The number of halogens is 1. The van der Waals surface area contributed by atoms with E-state index in [0.29, 0.717) is 18.2 Å². The number of ether oxygens (including phenoxy) is 1. The molecule has 0 radical (unpaired) electrons. The molecule has 0 saturated carbocycles. The Balaban J connectivity index is 2.17. The highest BCUT2D eigenvalue weighted by molar-refractivity contribution is 5.16. The van der Waals surface area contributed by atoms with Crippen molar-refractivity contribution in [2.75, 3.05) is 6.54 Å². The average molecular weight is 253 g/mol. The zero-order valence-electron chi connectivity index (χ0n) is 11.6. The van der Waals surface area contributed by atoms with Crippen molar-refractivity contribution in [3.05, 3.63) is 35.6 Å². The van der Waals surface area contributed by atoms with E-state index in [4.69, 9.17) is 4.74 Å². The van der Waals surface area contributed by atoms with E-state index in [1.54, 1.807) is 12.1 Å². The molecule has 102 valence electrons. The van der Waals surface area contributed by atoms with E-state index in [0.717, 1.165) is 19.4 Å². The van der Waals surface area contributed by atoms with E-state index in [1.165, 1.54) is 6.07 Å². The third-order valence-electron chi connectivity index (χ3n) is 2.82. The van der Waals surface area contributed by atoms with Crippen molar-refractivity contribution in [2.24, 2.45) is 0 Å². The quantitative estimate of drug-likeness (QED) is 0.716. The lowest BCUT2D eigenvalue weighted by Crippen LogP contribution is -2.24. The van der Waals surface area contributed by atoms with Crippen LogP contribution in [0.4, 0.5) is 4.39 Å². The minimum Gasteiger partial charge on any atom is -0.374 e. The monoisotopic (exact) mass is 253 g/mol. The summed E-state index contributed by atoms with van der Waals surface area (Å²) in [7, 11) is 0. The summed E-state index contributed by atoms with van der Waals surface area (Å²) in [6.07, 6.45) is 2.24. The zero-order valence-corrected chi connectivity index (χ0v) is 11.6. The SMILES string of the molecule is CC(C)NCCCC(C)OCc1ccccc1F. The average Bonchev–Trinajstić information content (AvgIpc) is 2.33. The van der Waals surface area contributed by atoms with Gasteiger partial charge in [0.1, 0.15) is 5.82 Å². The first kappa shape index (κ1) is 15.1. The van der Waals surface area contributed by atoms with Gasteiger partial charge in [-0.15, -0.1) is 0 Å². The summed E-state index contributed by atoms with van der Waals surface area (Å²) in [6, 6.07) is 7.29. The van der Waals surface area contributed by atoms with E-state index in [2.05, 4.69) is 19.2 Å². The van der Waals surface area contributed by atoms with Gasteiger partial charge in [0.2, 0.25) is 0 Å². The van der Waals surface area contributed by atoms with Crippen LogP contribution in [0.15, 0.2) is 24.3 Å². The number of benzene rings is 1. The summed E-state index contributed by atoms with van der Waals surface area (Å²) in [5, 5.41) is 3.37. The van der Waals surface area contributed by atoms with Crippen LogP contribution in [-0.4, -0.2) is 18.7 Å². The van der Waals surface area contributed by atoms with Crippen molar-refractivity contribution in [3.63, 3.8) is 0 Å². The molecule has 0 saturated heterocycles.